The molecule has 1 atom stereocenters. The van der Waals surface area contributed by atoms with Crippen molar-refractivity contribution in [1.82, 2.24) is 0 Å². The summed E-state index contributed by atoms with van der Waals surface area (Å²) >= 11 is 0. The van der Waals surface area contributed by atoms with Crippen LogP contribution in [0.2, 0.25) is 0 Å². The lowest BCUT2D eigenvalue weighted by Gasteiger charge is -2.30. The first-order valence-corrected chi connectivity index (χ1v) is 8.19. The molecule has 1 aliphatic carbocycles. The minimum Gasteiger partial charge on any atom is -0.493 e. The molecule has 0 bridgehead atoms. The molecular formula is C18H29NO. The van der Waals surface area contributed by atoms with Gasteiger partial charge < -0.3 is 10.5 Å². The van der Waals surface area contributed by atoms with Crippen LogP contribution < -0.4 is 10.5 Å². The van der Waals surface area contributed by atoms with Gasteiger partial charge in [-0.05, 0) is 61.8 Å². The summed E-state index contributed by atoms with van der Waals surface area (Å²) in [6.07, 6.45) is 7.88. The van der Waals surface area contributed by atoms with Crippen LogP contribution >= 0.6 is 0 Å². The fourth-order valence-corrected chi connectivity index (χ4v) is 3.41. The van der Waals surface area contributed by atoms with E-state index in [1.807, 2.05) is 0 Å². The summed E-state index contributed by atoms with van der Waals surface area (Å²) in [5, 5.41) is 0. The van der Waals surface area contributed by atoms with E-state index in [9.17, 15) is 0 Å². The molecule has 1 saturated carbocycles. The number of hydrogen-bond donors (Lipinski definition) is 1. The molecule has 0 saturated heterocycles. The van der Waals surface area contributed by atoms with Crippen molar-refractivity contribution >= 4 is 0 Å². The van der Waals surface area contributed by atoms with Gasteiger partial charge in [0.05, 0.1) is 6.61 Å². The Hall–Kier alpha value is -1.02. The summed E-state index contributed by atoms with van der Waals surface area (Å²) in [4.78, 5) is 0. The smallest absolute Gasteiger partial charge is 0.122 e. The summed E-state index contributed by atoms with van der Waals surface area (Å²) < 4.78 is 5.77. The number of nitrogens with two attached hydrogens (primary N) is 1. The minimum absolute atomic E-state index is 0.522. The van der Waals surface area contributed by atoms with Gasteiger partial charge in [-0.2, -0.15) is 0 Å². The number of benzene rings is 1. The number of ether oxygens (including phenoxy) is 1. The zero-order valence-electron chi connectivity index (χ0n) is 13.0. The van der Waals surface area contributed by atoms with Crippen LogP contribution in [0.3, 0.4) is 0 Å². The lowest BCUT2D eigenvalue weighted by Crippen LogP contribution is -2.23. The van der Waals surface area contributed by atoms with Gasteiger partial charge in [0.25, 0.3) is 0 Å². The van der Waals surface area contributed by atoms with Crippen molar-refractivity contribution in [3.8, 4) is 5.75 Å². The average molecular weight is 275 g/mol. The van der Waals surface area contributed by atoms with E-state index in [2.05, 4.69) is 32.0 Å². The molecule has 20 heavy (non-hydrogen) atoms. The number of rotatable bonds is 6. The highest BCUT2D eigenvalue weighted by Gasteiger charge is 2.24. The molecule has 0 radical (unpaired) electrons. The molecule has 1 fully saturated rings. The van der Waals surface area contributed by atoms with E-state index in [1.165, 1.54) is 43.2 Å². The summed E-state index contributed by atoms with van der Waals surface area (Å²) in [5.41, 5.74) is 8.72. The van der Waals surface area contributed by atoms with Gasteiger partial charge in [-0.1, -0.05) is 38.3 Å². The van der Waals surface area contributed by atoms with Crippen molar-refractivity contribution in [2.75, 3.05) is 13.2 Å². The van der Waals surface area contributed by atoms with Crippen LogP contribution in [0.1, 0.15) is 62.5 Å². The summed E-state index contributed by atoms with van der Waals surface area (Å²) in [6, 6.07) is 6.65. The van der Waals surface area contributed by atoms with Gasteiger partial charge in [-0.3, -0.25) is 0 Å². The lowest BCUT2D eigenvalue weighted by atomic mass is 9.76. The van der Waals surface area contributed by atoms with Gasteiger partial charge in [0, 0.05) is 0 Å². The largest absolute Gasteiger partial charge is 0.493 e. The molecule has 1 aromatic carbocycles. The number of aryl methyl sites for hydroxylation is 1. The van der Waals surface area contributed by atoms with Gasteiger partial charge in [-0.15, -0.1) is 0 Å². The second-order valence-electron chi connectivity index (χ2n) is 6.11. The zero-order chi connectivity index (χ0) is 14.4. The van der Waals surface area contributed by atoms with Crippen LogP contribution in [-0.4, -0.2) is 13.2 Å². The van der Waals surface area contributed by atoms with Crippen LogP contribution in [0.4, 0.5) is 0 Å². The monoisotopic (exact) mass is 275 g/mol. The van der Waals surface area contributed by atoms with E-state index in [4.69, 9.17) is 10.5 Å². The lowest BCUT2D eigenvalue weighted by molar-refractivity contribution is 0.305. The maximum absolute atomic E-state index is 6.07. The van der Waals surface area contributed by atoms with Crippen LogP contribution in [0.25, 0.3) is 0 Å². The van der Waals surface area contributed by atoms with E-state index in [-0.39, 0.29) is 0 Å². The molecule has 2 N–H and O–H groups in total. The first kappa shape index (κ1) is 15.4. The van der Waals surface area contributed by atoms with Crippen molar-refractivity contribution in [3.05, 3.63) is 29.3 Å². The Labute approximate surface area is 123 Å². The zero-order valence-corrected chi connectivity index (χ0v) is 13.0. The molecule has 0 spiro atoms. The third kappa shape index (κ3) is 3.76. The highest BCUT2D eigenvalue weighted by Crippen LogP contribution is 2.36. The normalized spacial score (nSPS) is 17.9. The third-order valence-corrected chi connectivity index (χ3v) is 4.56. The average Bonchev–Trinajstić information content (AvgIpc) is 2.48. The van der Waals surface area contributed by atoms with Gasteiger partial charge in [-0.25, -0.2) is 0 Å². The highest BCUT2D eigenvalue weighted by molar-refractivity contribution is 5.38. The maximum Gasteiger partial charge on any atom is 0.122 e. The fourth-order valence-electron chi connectivity index (χ4n) is 3.41. The van der Waals surface area contributed by atoms with Gasteiger partial charge in [0.2, 0.25) is 0 Å². The van der Waals surface area contributed by atoms with Crippen molar-refractivity contribution in [2.24, 2.45) is 11.7 Å². The molecule has 112 valence electrons. The standard InChI is InChI=1S/C18H29NO/c1-3-11-20-18-10-9-16(12-14(18)2)17(13-19)15-7-5-4-6-8-15/h9-10,12,15,17H,3-8,11,13,19H2,1-2H3. The van der Waals surface area contributed by atoms with Gasteiger partial charge >= 0.3 is 0 Å². The van der Waals surface area contributed by atoms with E-state index >= 15 is 0 Å². The van der Waals surface area contributed by atoms with E-state index in [0.29, 0.717) is 5.92 Å². The Morgan fingerprint density at radius 3 is 2.60 bits per heavy atom. The molecular weight excluding hydrogens is 246 g/mol. The molecule has 2 heteroatoms. The minimum atomic E-state index is 0.522. The Bertz CT molecular complexity index is 410. The SMILES string of the molecule is CCCOc1ccc(C(CN)C2CCCCC2)cc1C. The molecule has 0 heterocycles. The first-order valence-electron chi connectivity index (χ1n) is 8.19. The van der Waals surface area contributed by atoms with E-state index in [0.717, 1.165) is 31.2 Å². The van der Waals surface area contributed by atoms with Crippen LogP contribution in [0, 0.1) is 12.8 Å². The van der Waals surface area contributed by atoms with E-state index in [1.54, 1.807) is 0 Å². The summed E-state index contributed by atoms with van der Waals surface area (Å²) in [5.74, 6) is 2.32. The van der Waals surface area contributed by atoms with Crippen molar-refractivity contribution < 1.29 is 4.74 Å². The van der Waals surface area contributed by atoms with Gasteiger partial charge in [0.15, 0.2) is 0 Å². The van der Waals surface area contributed by atoms with E-state index < -0.39 is 0 Å². The van der Waals surface area contributed by atoms with Gasteiger partial charge in [0.1, 0.15) is 5.75 Å². The molecule has 0 aliphatic heterocycles. The maximum atomic E-state index is 6.07. The summed E-state index contributed by atoms with van der Waals surface area (Å²) in [7, 11) is 0. The van der Waals surface area contributed by atoms with Crippen molar-refractivity contribution in [1.29, 1.82) is 0 Å². The first-order chi connectivity index (χ1) is 9.76. The Morgan fingerprint density at radius 2 is 2.00 bits per heavy atom. The fraction of sp³-hybridized carbons (Fsp3) is 0.667. The highest BCUT2D eigenvalue weighted by atomic mass is 16.5. The van der Waals surface area contributed by atoms with Crippen LogP contribution in [-0.2, 0) is 0 Å². The third-order valence-electron chi connectivity index (χ3n) is 4.56. The van der Waals surface area contributed by atoms with Crippen molar-refractivity contribution in [2.45, 2.75) is 58.3 Å². The molecule has 2 nitrogen and oxygen atoms in total. The topological polar surface area (TPSA) is 35.2 Å². The number of hydrogen-bond acceptors (Lipinski definition) is 2. The Morgan fingerprint density at radius 1 is 1.25 bits per heavy atom. The predicted molar refractivity (Wildman–Crippen MR) is 85.3 cm³/mol. The molecule has 2 rings (SSSR count). The molecule has 0 amide bonds. The van der Waals surface area contributed by atoms with Crippen molar-refractivity contribution in [3.63, 3.8) is 0 Å². The summed E-state index contributed by atoms with van der Waals surface area (Å²) in [6.45, 7) is 5.84. The quantitative estimate of drug-likeness (QED) is 0.834. The molecule has 1 aromatic rings. The second-order valence-corrected chi connectivity index (χ2v) is 6.11. The molecule has 0 aromatic heterocycles. The van der Waals surface area contributed by atoms with Crippen LogP contribution in [0.15, 0.2) is 18.2 Å². The predicted octanol–water partition coefficient (Wildman–Crippen LogP) is 4.41. The Balaban J connectivity index is 2.11. The second kappa shape index (κ2) is 7.68. The van der Waals surface area contributed by atoms with Crippen LogP contribution in [0.5, 0.6) is 5.75 Å². The molecule has 1 unspecified atom stereocenters. The molecule has 1 aliphatic rings. The Kier molecular flexibility index (Phi) is 5.90.